The predicted molar refractivity (Wildman–Crippen MR) is 71.6 cm³/mol. The number of halogens is 2. The standard InChI is InChI=1S/C14H18F2N2O2/c1-20-9-4-2-3-8(5-9)18-13-6-10(14(17)19)11(15)7-12(13)16/h6-9,18H,2-5H2,1H3,(H2,17,19). The fraction of sp³-hybridized carbons (Fsp3) is 0.500. The molecular formula is C14H18F2N2O2. The van der Waals surface area contributed by atoms with Gasteiger partial charge in [0.2, 0.25) is 0 Å². The molecule has 0 saturated heterocycles. The Bertz CT molecular complexity index is 508. The van der Waals surface area contributed by atoms with Crippen molar-refractivity contribution in [2.45, 2.75) is 37.8 Å². The molecule has 2 atom stereocenters. The van der Waals surface area contributed by atoms with Gasteiger partial charge >= 0.3 is 0 Å². The number of amides is 1. The van der Waals surface area contributed by atoms with E-state index in [0.717, 1.165) is 31.7 Å². The normalized spacial score (nSPS) is 22.6. The van der Waals surface area contributed by atoms with Crippen LogP contribution in [-0.4, -0.2) is 25.2 Å². The Morgan fingerprint density at radius 3 is 2.75 bits per heavy atom. The van der Waals surface area contributed by atoms with Crippen LogP contribution in [0, 0.1) is 11.6 Å². The third-order valence-corrected chi connectivity index (χ3v) is 3.64. The number of carbonyl (C=O) groups excluding carboxylic acids is 1. The molecule has 2 unspecified atom stereocenters. The van der Waals surface area contributed by atoms with Gasteiger partial charge in [-0.2, -0.15) is 0 Å². The number of hydrogen-bond acceptors (Lipinski definition) is 3. The Balaban J connectivity index is 2.16. The Labute approximate surface area is 116 Å². The Morgan fingerprint density at radius 1 is 1.35 bits per heavy atom. The monoisotopic (exact) mass is 284 g/mol. The third-order valence-electron chi connectivity index (χ3n) is 3.64. The number of benzene rings is 1. The smallest absolute Gasteiger partial charge is 0.251 e. The molecule has 0 bridgehead atoms. The van der Waals surface area contributed by atoms with Crippen LogP contribution in [0.4, 0.5) is 14.5 Å². The van der Waals surface area contributed by atoms with Gasteiger partial charge < -0.3 is 15.8 Å². The molecule has 0 spiro atoms. The van der Waals surface area contributed by atoms with Crippen LogP contribution >= 0.6 is 0 Å². The minimum absolute atomic E-state index is 0.0365. The molecule has 1 amide bonds. The van der Waals surface area contributed by atoms with Crippen LogP contribution in [-0.2, 0) is 4.74 Å². The number of methoxy groups -OCH3 is 1. The maximum atomic E-state index is 13.7. The van der Waals surface area contributed by atoms with Crippen LogP contribution in [0.5, 0.6) is 0 Å². The molecule has 1 aliphatic rings. The number of ether oxygens (including phenoxy) is 1. The molecule has 1 aliphatic carbocycles. The Kier molecular flexibility index (Phi) is 4.54. The third kappa shape index (κ3) is 3.25. The lowest BCUT2D eigenvalue weighted by molar-refractivity contribution is 0.0669. The fourth-order valence-electron chi connectivity index (χ4n) is 2.56. The van der Waals surface area contributed by atoms with Gasteiger partial charge in [-0.15, -0.1) is 0 Å². The van der Waals surface area contributed by atoms with Crippen LogP contribution < -0.4 is 11.1 Å². The molecule has 6 heteroatoms. The van der Waals surface area contributed by atoms with Crippen molar-refractivity contribution in [1.82, 2.24) is 0 Å². The van der Waals surface area contributed by atoms with E-state index in [9.17, 15) is 13.6 Å². The number of anilines is 1. The van der Waals surface area contributed by atoms with Gasteiger partial charge in [0.05, 0.1) is 17.4 Å². The second-order valence-corrected chi connectivity index (χ2v) is 5.04. The zero-order chi connectivity index (χ0) is 14.7. The summed E-state index contributed by atoms with van der Waals surface area (Å²) in [6.07, 6.45) is 3.72. The summed E-state index contributed by atoms with van der Waals surface area (Å²) in [5.41, 5.74) is 4.85. The zero-order valence-corrected chi connectivity index (χ0v) is 11.3. The molecule has 1 saturated carbocycles. The van der Waals surface area contributed by atoms with Gasteiger partial charge in [-0.3, -0.25) is 4.79 Å². The van der Waals surface area contributed by atoms with E-state index in [1.165, 1.54) is 0 Å². The minimum Gasteiger partial charge on any atom is -0.381 e. The summed E-state index contributed by atoms with van der Waals surface area (Å²) in [7, 11) is 1.65. The first-order chi connectivity index (χ1) is 9.51. The van der Waals surface area contributed by atoms with Crippen molar-refractivity contribution in [3.8, 4) is 0 Å². The zero-order valence-electron chi connectivity index (χ0n) is 11.3. The molecule has 1 fully saturated rings. The van der Waals surface area contributed by atoms with E-state index in [1.807, 2.05) is 0 Å². The number of nitrogens with one attached hydrogen (secondary N) is 1. The van der Waals surface area contributed by atoms with Crippen molar-refractivity contribution in [2.75, 3.05) is 12.4 Å². The van der Waals surface area contributed by atoms with Crippen LogP contribution in [0.25, 0.3) is 0 Å². The van der Waals surface area contributed by atoms with E-state index in [2.05, 4.69) is 5.32 Å². The molecule has 0 aliphatic heterocycles. The van der Waals surface area contributed by atoms with E-state index in [1.54, 1.807) is 7.11 Å². The van der Waals surface area contributed by atoms with Gasteiger partial charge in [0.15, 0.2) is 0 Å². The van der Waals surface area contributed by atoms with E-state index >= 15 is 0 Å². The molecule has 2 rings (SSSR count). The van der Waals surface area contributed by atoms with Gasteiger partial charge in [0, 0.05) is 19.2 Å². The van der Waals surface area contributed by atoms with E-state index in [4.69, 9.17) is 10.5 Å². The Morgan fingerprint density at radius 2 is 2.10 bits per heavy atom. The lowest BCUT2D eigenvalue weighted by Crippen LogP contribution is -2.31. The second-order valence-electron chi connectivity index (χ2n) is 5.04. The first kappa shape index (κ1) is 14.7. The molecule has 0 radical (unpaired) electrons. The maximum absolute atomic E-state index is 13.7. The summed E-state index contributed by atoms with van der Waals surface area (Å²) in [4.78, 5) is 11.1. The van der Waals surface area contributed by atoms with Crippen molar-refractivity contribution in [3.63, 3.8) is 0 Å². The summed E-state index contributed by atoms with van der Waals surface area (Å²) < 4.78 is 32.4. The number of hydrogen-bond donors (Lipinski definition) is 2. The number of nitrogens with two attached hydrogens (primary N) is 1. The van der Waals surface area contributed by atoms with Crippen molar-refractivity contribution >= 4 is 11.6 Å². The van der Waals surface area contributed by atoms with E-state index < -0.39 is 17.5 Å². The van der Waals surface area contributed by atoms with Crippen molar-refractivity contribution in [2.24, 2.45) is 5.73 Å². The number of carbonyl (C=O) groups is 1. The first-order valence-electron chi connectivity index (χ1n) is 6.59. The van der Waals surface area contributed by atoms with E-state index in [-0.39, 0.29) is 23.4 Å². The summed E-state index contributed by atoms with van der Waals surface area (Å²) in [5, 5.41) is 3.01. The lowest BCUT2D eigenvalue weighted by Gasteiger charge is -2.29. The van der Waals surface area contributed by atoms with Crippen LogP contribution in [0.3, 0.4) is 0 Å². The van der Waals surface area contributed by atoms with Gasteiger partial charge in [-0.05, 0) is 31.7 Å². The summed E-state index contributed by atoms with van der Waals surface area (Å²) in [5.74, 6) is -2.59. The molecule has 0 aromatic heterocycles. The molecule has 3 N–H and O–H groups in total. The van der Waals surface area contributed by atoms with Crippen LogP contribution in [0.15, 0.2) is 12.1 Å². The van der Waals surface area contributed by atoms with Gasteiger partial charge in [0.25, 0.3) is 5.91 Å². The molecule has 20 heavy (non-hydrogen) atoms. The van der Waals surface area contributed by atoms with Gasteiger partial charge in [0.1, 0.15) is 11.6 Å². The van der Waals surface area contributed by atoms with Gasteiger partial charge in [-0.1, -0.05) is 0 Å². The molecule has 0 heterocycles. The molecule has 4 nitrogen and oxygen atoms in total. The maximum Gasteiger partial charge on any atom is 0.251 e. The van der Waals surface area contributed by atoms with Crippen molar-refractivity contribution < 1.29 is 18.3 Å². The van der Waals surface area contributed by atoms with E-state index in [0.29, 0.717) is 6.07 Å². The van der Waals surface area contributed by atoms with Gasteiger partial charge in [-0.25, -0.2) is 8.78 Å². The average molecular weight is 284 g/mol. The summed E-state index contributed by atoms with van der Waals surface area (Å²) in [6.45, 7) is 0. The largest absolute Gasteiger partial charge is 0.381 e. The number of primary amides is 1. The minimum atomic E-state index is -0.945. The van der Waals surface area contributed by atoms with Crippen molar-refractivity contribution in [1.29, 1.82) is 0 Å². The lowest BCUT2D eigenvalue weighted by atomic mass is 9.92. The highest BCUT2D eigenvalue weighted by Crippen LogP contribution is 2.26. The molecule has 1 aromatic rings. The second kappa shape index (κ2) is 6.17. The SMILES string of the molecule is COC1CCCC(Nc2cc(C(N)=O)c(F)cc2F)C1. The molecule has 110 valence electrons. The summed E-state index contributed by atoms with van der Waals surface area (Å²) >= 11 is 0. The van der Waals surface area contributed by atoms with Crippen LogP contribution in [0.2, 0.25) is 0 Å². The first-order valence-corrected chi connectivity index (χ1v) is 6.59. The Hall–Kier alpha value is -1.69. The highest BCUT2D eigenvalue weighted by Gasteiger charge is 2.23. The predicted octanol–water partition coefficient (Wildman–Crippen LogP) is 2.43. The summed E-state index contributed by atoms with van der Waals surface area (Å²) in [6, 6.07) is 1.84. The molecule has 1 aromatic carbocycles. The highest BCUT2D eigenvalue weighted by molar-refractivity contribution is 5.94. The number of rotatable bonds is 4. The average Bonchev–Trinajstić information content (AvgIpc) is 2.41. The van der Waals surface area contributed by atoms with Crippen LogP contribution in [0.1, 0.15) is 36.0 Å². The topological polar surface area (TPSA) is 64.3 Å². The fourth-order valence-corrected chi connectivity index (χ4v) is 2.56. The molecular weight excluding hydrogens is 266 g/mol. The highest BCUT2D eigenvalue weighted by atomic mass is 19.1. The van der Waals surface area contributed by atoms with Crippen molar-refractivity contribution in [3.05, 3.63) is 29.3 Å². The quantitative estimate of drug-likeness (QED) is 0.892.